The average molecular weight is 262 g/mol. The molecular formula is C14H18N2O3. The summed E-state index contributed by atoms with van der Waals surface area (Å²) >= 11 is 0. The normalized spacial score (nSPS) is 11.3. The Hall–Kier alpha value is -1.88. The van der Waals surface area contributed by atoms with Gasteiger partial charge in [-0.3, -0.25) is 0 Å². The molecule has 0 bridgehead atoms. The summed E-state index contributed by atoms with van der Waals surface area (Å²) in [6.45, 7) is 4.35. The topological polar surface area (TPSA) is 75.2 Å². The zero-order chi connectivity index (χ0) is 13.8. The predicted octanol–water partition coefficient (Wildman–Crippen LogP) is 2.33. The number of nitrogens with one attached hydrogen (secondary N) is 1. The number of rotatable bonds is 6. The lowest BCUT2D eigenvalue weighted by molar-refractivity contribution is -0.142. The van der Waals surface area contributed by atoms with Crippen LogP contribution in [-0.2, 0) is 16.0 Å². The maximum absolute atomic E-state index is 10.3. The molecular weight excluding hydrogens is 244 g/mol. The van der Waals surface area contributed by atoms with Crippen LogP contribution in [-0.4, -0.2) is 34.3 Å². The highest BCUT2D eigenvalue weighted by atomic mass is 16.5. The van der Waals surface area contributed by atoms with Gasteiger partial charge in [-0.2, -0.15) is 0 Å². The molecule has 102 valence electrons. The van der Waals surface area contributed by atoms with Crippen LogP contribution >= 0.6 is 0 Å². The smallest absolute Gasteiger partial charge is 0.329 e. The number of carbonyl (C=O) groups is 1. The van der Waals surface area contributed by atoms with E-state index in [9.17, 15) is 4.79 Å². The van der Waals surface area contributed by atoms with Gasteiger partial charge in [0.2, 0.25) is 0 Å². The monoisotopic (exact) mass is 262 g/mol. The van der Waals surface area contributed by atoms with Crippen molar-refractivity contribution in [2.24, 2.45) is 0 Å². The standard InChI is InChI=1S/C14H18N2O3/c1-9(2)14-15-11-4-3-10(7-12(11)16-14)5-6-19-8-13(17)18/h3-4,7,9H,5-6,8H2,1-2H3,(H,15,16)(H,17,18). The van der Waals surface area contributed by atoms with Crippen LogP contribution in [0.4, 0.5) is 0 Å². The highest BCUT2D eigenvalue weighted by molar-refractivity contribution is 5.76. The fraction of sp³-hybridized carbons (Fsp3) is 0.429. The van der Waals surface area contributed by atoms with E-state index in [0.717, 1.165) is 22.4 Å². The molecule has 5 nitrogen and oxygen atoms in total. The molecule has 0 amide bonds. The number of aliphatic carboxylic acids is 1. The summed E-state index contributed by atoms with van der Waals surface area (Å²) in [5.74, 6) is 0.412. The van der Waals surface area contributed by atoms with Crippen molar-refractivity contribution in [1.29, 1.82) is 0 Å². The molecule has 0 aliphatic carbocycles. The van der Waals surface area contributed by atoms with E-state index in [1.807, 2.05) is 18.2 Å². The number of imidazole rings is 1. The fourth-order valence-electron chi connectivity index (χ4n) is 1.85. The first-order valence-electron chi connectivity index (χ1n) is 6.34. The maximum atomic E-state index is 10.3. The molecule has 0 aliphatic rings. The van der Waals surface area contributed by atoms with E-state index in [2.05, 4.69) is 23.8 Å². The van der Waals surface area contributed by atoms with Crippen molar-refractivity contribution < 1.29 is 14.6 Å². The van der Waals surface area contributed by atoms with Gasteiger partial charge < -0.3 is 14.8 Å². The van der Waals surface area contributed by atoms with E-state index in [0.29, 0.717) is 18.9 Å². The van der Waals surface area contributed by atoms with Crippen molar-refractivity contribution in [3.8, 4) is 0 Å². The van der Waals surface area contributed by atoms with Gasteiger partial charge in [0.1, 0.15) is 12.4 Å². The third-order valence-corrected chi connectivity index (χ3v) is 2.87. The summed E-state index contributed by atoms with van der Waals surface area (Å²) in [6, 6.07) is 6.01. The molecule has 1 aromatic carbocycles. The summed E-state index contributed by atoms with van der Waals surface area (Å²) in [6.07, 6.45) is 0.694. The quantitative estimate of drug-likeness (QED) is 0.783. The number of H-pyrrole nitrogens is 1. The molecule has 0 aliphatic heterocycles. The lowest BCUT2D eigenvalue weighted by Gasteiger charge is -2.01. The van der Waals surface area contributed by atoms with Crippen molar-refractivity contribution in [2.45, 2.75) is 26.2 Å². The van der Waals surface area contributed by atoms with Gasteiger partial charge in [0.05, 0.1) is 17.6 Å². The molecule has 19 heavy (non-hydrogen) atoms. The summed E-state index contributed by atoms with van der Waals surface area (Å²) in [4.78, 5) is 18.1. The second-order valence-corrected chi connectivity index (χ2v) is 4.82. The largest absolute Gasteiger partial charge is 0.480 e. The van der Waals surface area contributed by atoms with E-state index in [4.69, 9.17) is 9.84 Å². The molecule has 2 N–H and O–H groups in total. The second-order valence-electron chi connectivity index (χ2n) is 4.82. The number of hydrogen-bond acceptors (Lipinski definition) is 3. The number of aromatic nitrogens is 2. The van der Waals surface area contributed by atoms with Crippen molar-refractivity contribution in [1.82, 2.24) is 9.97 Å². The summed E-state index contributed by atoms with van der Waals surface area (Å²) in [5.41, 5.74) is 3.08. The molecule has 0 atom stereocenters. The molecule has 2 rings (SSSR count). The van der Waals surface area contributed by atoms with Gasteiger partial charge in [-0.1, -0.05) is 19.9 Å². The van der Waals surface area contributed by atoms with Gasteiger partial charge in [-0.25, -0.2) is 9.78 Å². The molecule has 0 saturated carbocycles. The van der Waals surface area contributed by atoms with E-state index in [1.54, 1.807) is 0 Å². The van der Waals surface area contributed by atoms with Crippen LogP contribution in [0.3, 0.4) is 0 Å². The van der Waals surface area contributed by atoms with Crippen LogP contribution in [0.2, 0.25) is 0 Å². The van der Waals surface area contributed by atoms with Crippen LogP contribution in [0.5, 0.6) is 0 Å². The van der Waals surface area contributed by atoms with Crippen LogP contribution < -0.4 is 0 Å². The van der Waals surface area contributed by atoms with Crippen LogP contribution in [0.25, 0.3) is 11.0 Å². The summed E-state index contributed by atoms with van der Waals surface area (Å²) in [7, 11) is 0. The van der Waals surface area contributed by atoms with Crippen molar-refractivity contribution in [2.75, 3.05) is 13.2 Å². The molecule has 1 aromatic heterocycles. The third-order valence-electron chi connectivity index (χ3n) is 2.87. The van der Waals surface area contributed by atoms with Crippen LogP contribution in [0.15, 0.2) is 18.2 Å². The minimum Gasteiger partial charge on any atom is -0.480 e. The Labute approximate surface area is 111 Å². The Balaban J connectivity index is 2.02. The van der Waals surface area contributed by atoms with Gasteiger partial charge in [0.25, 0.3) is 0 Å². The number of nitrogens with zero attached hydrogens (tertiary/aromatic N) is 1. The van der Waals surface area contributed by atoms with Gasteiger partial charge >= 0.3 is 5.97 Å². The lowest BCUT2D eigenvalue weighted by atomic mass is 10.1. The van der Waals surface area contributed by atoms with Gasteiger partial charge in [0, 0.05) is 5.92 Å². The number of fused-ring (bicyclic) bond motifs is 1. The number of aromatic amines is 1. The Morgan fingerprint density at radius 3 is 2.95 bits per heavy atom. The van der Waals surface area contributed by atoms with Crippen LogP contribution in [0.1, 0.15) is 31.2 Å². The fourth-order valence-corrected chi connectivity index (χ4v) is 1.85. The van der Waals surface area contributed by atoms with Gasteiger partial charge in [0.15, 0.2) is 0 Å². The number of carboxylic acids is 1. The minimum absolute atomic E-state index is 0.246. The minimum atomic E-state index is -0.939. The predicted molar refractivity (Wildman–Crippen MR) is 72.3 cm³/mol. The SMILES string of the molecule is CC(C)c1nc2ccc(CCOCC(=O)O)cc2[nH]1. The first-order valence-corrected chi connectivity index (χ1v) is 6.34. The molecule has 0 saturated heterocycles. The van der Waals surface area contributed by atoms with Crippen molar-refractivity contribution >= 4 is 17.0 Å². The molecule has 2 aromatic rings. The summed E-state index contributed by atoms with van der Waals surface area (Å²) < 4.78 is 5.03. The Morgan fingerprint density at radius 1 is 1.47 bits per heavy atom. The zero-order valence-corrected chi connectivity index (χ0v) is 11.1. The van der Waals surface area contributed by atoms with Crippen LogP contribution in [0, 0.1) is 0 Å². The average Bonchev–Trinajstić information content (AvgIpc) is 2.77. The molecule has 0 unspecified atom stereocenters. The first-order chi connectivity index (χ1) is 9.06. The van der Waals surface area contributed by atoms with Crippen molar-refractivity contribution in [3.63, 3.8) is 0 Å². The molecule has 0 spiro atoms. The Bertz CT molecular complexity index is 575. The van der Waals surface area contributed by atoms with Gasteiger partial charge in [-0.15, -0.1) is 0 Å². The Kier molecular flexibility index (Phi) is 4.16. The van der Waals surface area contributed by atoms with Crippen molar-refractivity contribution in [3.05, 3.63) is 29.6 Å². The number of ether oxygens (including phenoxy) is 1. The van der Waals surface area contributed by atoms with E-state index >= 15 is 0 Å². The molecule has 0 radical (unpaired) electrons. The highest BCUT2D eigenvalue weighted by Gasteiger charge is 2.06. The number of hydrogen-bond donors (Lipinski definition) is 2. The number of benzene rings is 1. The highest BCUT2D eigenvalue weighted by Crippen LogP contribution is 2.18. The molecule has 1 heterocycles. The lowest BCUT2D eigenvalue weighted by Crippen LogP contribution is -2.08. The number of carboxylic acid groups (broad SMARTS) is 1. The Morgan fingerprint density at radius 2 is 2.26 bits per heavy atom. The third kappa shape index (κ3) is 3.54. The molecule has 0 fully saturated rings. The maximum Gasteiger partial charge on any atom is 0.329 e. The second kappa shape index (κ2) is 5.84. The summed E-state index contributed by atoms with van der Waals surface area (Å²) in [5, 5.41) is 8.47. The van der Waals surface area contributed by atoms with Gasteiger partial charge in [-0.05, 0) is 24.1 Å². The van der Waals surface area contributed by atoms with E-state index < -0.39 is 5.97 Å². The zero-order valence-electron chi connectivity index (χ0n) is 11.1. The van der Waals surface area contributed by atoms with E-state index in [1.165, 1.54) is 0 Å². The molecule has 5 heteroatoms. The first kappa shape index (κ1) is 13.5. The van der Waals surface area contributed by atoms with E-state index in [-0.39, 0.29) is 6.61 Å².